The average Bonchev–Trinajstić information content (AvgIpc) is 2.53. The van der Waals surface area contributed by atoms with Crippen molar-refractivity contribution in [2.24, 2.45) is 0 Å². The Kier molecular flexibility index (Phi) is 6.59. The van der Waals surface area contributed by atoms with Crippen molar-refractivity contribution in [3.8, 4) is 0 Å². The molecule has 5 nitrogen and oxygen atoms in total. The Morgan fingerprint density at radius 3 is 2.25 bits per heavy atom. The summed E-state index contributed by atoms with van der Waals surface area (Å²) in [7, 11) is 0. The molecule has 1 aromatic heterocycles. The Bertz CT molecular complexity index is 659. The number of esters is 1. The number of rotatable bonds is 3. The van der Waals surface area contributed by atoms with E-state index in [1.54, 1.807) is 4.90 Å². The van der Waals surface area contributed by atoms with E-state index in [9.17, 15) is 9.59 Å². The van der Waals surface area contributed by atoms with Crippen LogP contribution in [0, 0.1) is 0 Å². The topological polar surface area (TPSA) is 59.5 Å². The first-order valence-corrected chi connectivity index (χ1v) is 8.93. The van der Waals surface area contributed by atoms with E-state index in [0.717, 1.165) is 19.3 Å². The molecule has 1 aliphatic heterocycles. The van der Waals surface area contributed by atoms with Gasteiger partial charge in [-0.3, -0.25) is 4.79 Å². The van der Waals surface area contributed by atoms with Gasteiger partial charge in [-0.05, 0) is 33.1 Å². The number of halogens is 4. The highest BCUT2D eigenvalue weighted by atomic mass is 35.5. The molecule has 132 valence electrons. The number of likely N-dealkylation sites (tertiary alicyclic amines) is 1. The number of aromatic nitrogens is 1. The largest absolute Gasteiger partial charge is 0.451 e. The van der Waals surface area contributed by atoms with E-state index < -0.39 is 12.6 Å². The maximum Gasteiger partial charge on any atom is 0.359 e. The molecule has 1 fully saturated rings. The summed E-state index contributed by atoms with van der Waals surface area (Å²) < 4.78 is 5.03. The van der Waals surface area contributed by atoms with Crippen LogP contribution in [-0.2, 0) is 9.53 Å². The minimum Gasteiger partial charge on any atom is -0.451 e. The number of hydrogen-bond acceptors (Lipinski definition) is 4. The number of nitrogens with zero attached hydrogens (tertiary/aromatic N) is 2. The fraction of sp³-hybridized carbons (Fsp3) is 0.533. The zero-order valence-corrected chi connectivity index (χ0v) is 16.1. The number of piperidine rings is 1. The minimum absolute atomic E-state index is 0.0491. The van der Waals surface area contributed by atoms with E-state index in [1.165, 1.54) is 0 Å². The molecule has 2 heterocycles. The lowest BCUT2D eigenvalue weighted by atomic mass is 9.97. The summed E-state index contributed by atoms with van der Waals surface area (Å²) in [5.74, 6) is -1.14. The van der Waals surface area contributed by atoms with Gasteiger partial charge >= 0.3 is 5.97 Å². The van der Waals surface area contributed by atoms with Gasteiger partial charge in [0.15, 0.2) is 12.3 Å². The Labute approximate surface area is 160 Å². The first-order valence-electron chi connectivity index (χ1n) is 7.42. The molecule has 0 saturated carbocycles. The molecule has 0 aliphatic carbocycles. The van der Waals surface area contributed by atoms with Gasteiger partial charge in [0.2, 0.25) is 0 Å². The van der Waals surface area contributed by atoms with Gasteiger partial charge in [-0.25, -0.2) is 9.78 Å². The third kappa shape index (κ3) is 4.07. The van der Waals surface area contributed by atoms with Gasteiger partial charge in [-0.15, -0.1) is 0 Å². The number of carbonyl (C=O) groups excluding carboxylic acids is 2. The van der Waals surface area contributed by atoms with Crippen LogP contribution in [0.2, 0.25) is 20.2 Å². The maximum absolute atomic E-state index is 12.3. The SMILES string of the molecule is C[C@H]1CCC[C@H](C)N1C(=O)COC(=O)c1nc(Cl)c(Cl)c(Cl)c1Cl. The Morgan fingerprint density at radius 2 is 1.67 bits per heavy atom. The first-order chi connectivity index (χ1) is 11.2. The first kappa shape index (κ1) is 19.6. The van der Waals surface area contributed by atoms with Crippen LogP contribution < -0.4 is 0 Å². The molecule has 0 N–H and O–H groups in total. The second kappa shape index (κ2) is 8.09. The molecule has 1 saturated heterocycles. The van der Waals surface area contributed by atoms with Crippen LogP contribution in [0.4, 0.5) is 0 Å². The fourth-order valence-electron chi connectivity index (χ4n) is 2.81. The number of hydrogen-bond donors (Lipinski definition) is 0. The van der Waals surface area contributed by atoms with Crippen LogP contribution in [0.25, 0.3) is 0 Å². The second-order valence-corrected chi connectivity index (χ2v) is 7.19. The molecule has 24 heavy (non-hydrogen) atoms. The fourth-order valence-corrected chi connectivity index (χ4v) is 3.61. The summed E-state index contributed by atoms with van der Waals surface area (Å²) in [4.78, 5) is 30.0. The zero-order valence-electron chi connectivity index (χ0n) is 13.1. The molecule has 0 unspecified atom stereocenters. The van der Waals surface area contributed by atoms with Crippen LogP contribution in [-0.4, -0.2) is 40.5 Å². The highest BCUT2D eigenvalue weighted by molar-refractivity contribution is 6.52. The van der Waals surface area contributed by atoms with E-state index in [1.807, 2.05) is 13.8 Å². The summed E-state index contributed by atoms with van der Waals surface area (Å²) in [6, 6.07) is 0.224. The monoisotopic (exact) mass is 412 g/mol. The number of pyridine rings is 1. The van der Waals surface area contributed by atoms with Crippen molar-refractivity contribution in [2.75, 3.05) is 6.61 Å². The van der Waals surface area contributed by atoms with Gasteiger partial charge in [0, 0.05) is 12.1 Å². The number of ether oxygens (including phenoxy) is 1. The van der Waals surface area contributed by atoms with E-state index in [0.29, 0.717) is 0 Å². The van der Waals surface area contributed by atoms with E-state index in [4.69, 9.17) is 51.1 Å². The lowest BCUT2D eigenvalue weighted by Gasteiger charge is -2.38. The Balaban J connectivity index is 2.07. The van der Waals surface area contributed by atoms with E-state index >= 15 is 0 Å². The van der Waals surface area contributed by atoms with Crippen LogP contribution in [0.1, 0.15) is 43.6 Å². The van der Waals surface area contributed by atoms with Crippen LogP contribution in [0.15, 0.2) is 0 Å². The van der Waals surface area contributed by atoms with Crippen molar-refractivity contribution in [1.29, 1.82) is 0 Å². The third-order valence-corrected chi connectivity index (χ3v) is 5.66. The molecule has 2 rings (SSSR count). The Hall–Kier alpha value is -0.750. The molecule has 0 radical (unpaired) electrons. The van der Waals surface area contributed by atoms with E-state index in [-0.39, 0.29) is 43.9 Å². The zero-order chi connectivity index (χ0) is 18.0. The van der Waals surface area contributed by atoms with Gasteiger partial charge in [0.25, 0.3) is 5.91 Å². The molecule has 9 heteroatoms. The molecule has 1 aliphatic rings. The van der Waals surface area contributed by atoms with Gasteiger partial charge in [-0.2, -0.15) is 0 Å². The minimum atomic E-state index is -0.883. The predicted molar refractivity (Wildman–Crippen MR) is 94.2 cm³/mol. The second-order valence-electron chi connectivity index (χ2n) is 5.70. The van der Waals surface area contributed by atoms with Crippen molar-refractivity contribution >= 4 is 58.3 Å². The van der Waals surface area contributed by atoms with Gasteiger partial charge in [0.05, 0.1) is 15.1 Å². The Morgan fingerprint density at radius 1 is 1.08 bits per heavy atom. The third-order valence-electron chi connectivity index (χ3n) is 3.99. The highest BCUT2D eigenvalue weighted by Crippen LogP contribution is 2.36. The molecule has 0 spiro atoms. The van der Waals surface area contributed by atoms with Crippen molar-refractivity contribution in [3.05, 3.63) is 25.9 Å². The lowest BCUT2D eigenvalue weighted by Crippen LogP contribution is -2.49. The molecular weight excluding hydrogens is 398 g/mol. The van der Waals surface area contributed by atoms with Gasteiger partial charge in [0.1, 0.15) is 5.15 Å². The molecule has 0 aromatic carbocycles. The lowest BCUT2D eigenvalue weighted by molar-refractivity contribution is -0.140. The van der Waals surface area contributed by atoms with E-state index in [2.05, 4.69) is 4.98 Å². The van der Waals surface area contributed by atoms with Crippen LogP contribution in [0.3, 0.4) is 0 Å². The normalized spacial score (nSPS) is 20.8. The highest BCUT2D eigenvalue weighted by Gasteiger charge is 2.30. The summed E-state index contributed by atoms with van der Waals surface area (Å²) in [6.45, 7) is 3.56. The molecule has 1 aromatic rings. The number of amides is 1. The molecule has 0 bridgehead atoms. The summed E-state index contributed by atoms with van der Waals surface area (Å²) in [5.41, 5.74) is -0.274. The quantitative estimate of drug-likeness (QED) is 0.534. The van der Waals surface area contributed by atoms with Crippen molar-refractivity contribution in [2.45, 2.75) is 45.2 Å². The summed E-state index contributed by atoms with van der Waals surface area (Å²) in [6.07, 6.45) is 2.94. The van der Waals surface area contributed by atoms with Gasteiger partial charge in [-0.1, -0.05) is 46.4 Å². The van der Waals surface area contributed by atoms with Crippen molar-refractivity contribution in [3.63, 3.8) is 0 Å². The van der Waals surface area contributed by atoms with Crippen LogP contribution >= 0.6 is 46.4 Å². The molecular formula is C15H16Cl4N2O3. The van der Waals surface area contributed by atoms with Crippen LogP contribution in [0.5, 0.6) is 0 Å². The average molecular weight is 414 g/mol. The standard InChI is InChI=1S/C15H16Cl4N2O3/c1-7-4-3-5-8(2)21(7)9(22)6-24-15(23)13-11(17)10(16)12(18)14(19)20-13/h7-8H,3-6H2,1-2H3/t7-,8-/m0/s1. The predicted octanol–water partition coefficient (Wildman–Crippen LogP) is 4.64. The smallest absolute Gasteiger partial charge is 0.359 e. The van der Waals surface area contributed by atoms with Gasteiger partial charge < -0.3 is 9.64 Å². The summed E-state index contributed by atoms with van der Waals surface area (Å²) in [5, 5.41) is -0.465. The molecule has 2 atom stereocenters. The number of carbonyl (C=O) groups is 2. The summed E-state index contributed by atoms with van der Waals surface area (Å²) >= 11 is 23.4. The van der Waals surface area contributed by atoms with Crippen molar-refractivity contribution in [1.82, 2.24) is 9.88 Å². The molecule has 1 amide bonds. The van der Waals surface area contributed by atoms with Crippen molar-refractivity contribution < 1.29 is 14.3 Å². The maximum atomic E-state index is 12.3.